The van der Waals surface area contributed by atoms with Gasteiger partial charge in [0.1, 0.15) is 4.88 Å². The van der Waals surface area contributed by atoms with Gasteiger partial charge >= 0.3 is 0 Å². The predicted molar refractivity (Wildman–Crippen MR) is 97.8 cm³/mol. The van der Waals surface area contributed by atoms with Crippen LogP contribution in [0.2, 0.25) is 0 Å². The lowest BCUT2D eigenvalue weighted by atomic mass is 9.88. The summed E-state index contributed by atoms with van der Waals surface area (Å²) in [7, 11) is 0. The Morgan fingerprint density at radius 3 is 2.56 bits per heavy atom. The van der Waals surface area contributed by atoms with Gasteiger partial charge in [-0.25, -0.2) is 0 Å². The van der Waals surface area contributed by atoms with Crippen LogP contribution in [-0.4, -0.2) is 32.8 Å². The minimum Gasteiger partial charge on any atom is -0.273 e. The summed E-state index contributed by atoms with van der Waals surface area (Å²) in [6, 6.07) is 7.40. The van der Waals surface area contributed by atoms with E-state index in [0.29, 0.717) is 28.6 Å². The van der Waals surface area contributed by atoms with Crippen LogP contribution in [0.3, 0.4) is 0 Å². The summed E-state index contributed by atoms with van der Waals surface area (Å²) < 4.78 is 3.85. The molecule has 5 nitrogen and oxygen atoms in total. The van der Waals surface area contributed by atoms with E-state index < -0.39 is 0 Å². The Balaban J connectivity index is 1.89. The fourth-order valence-corrected chi connectivity index (χ4v) is 3.98. The topological polar surface area (TPSA) is 63.2 Å². The van der Waals surface area contributed by atoms with Crippen LogP contribution < -0.4 is 0 Å². The van der Waals surface area contributed by atoms with E-state index >= 15 is 0 Å². The molecule has 2 aromatic rings. The second-order valence-electron chi connectivity index (χ2n) is 6.78. The van der Waals surface area contributed by atoms with Crippen molar-refractivity contribution in [2.75, 3.05) is 6.54 Å². The molecule has 25 heavy (non-hydrogen) atoms. The molecule has 0 atom stereocenters. The number of aromatic nitrogens is 2. The Morgan fingerprint density at radius 1 is 1.16 bits per heavy atom. The molecule has 0 N–H and O–H groups in total. The van der Waals surface area contributed by atoms with Gasteiger partial charge in [0, 0.05) is 12.1 Å². The van der Waals surface area contributed by atoms with E-state index in [2.05, 4.69) is 9.59 Å². The van der Waals surface area contributed by atoms with E-state index in [0.717, 1.165) is 29.9 Å². The molecular formula is C19H23N3O2S. The first-order chi connectivity index (χ1) is 12.1. The SMILES string of the molecule is Cc1cccc(C(=O)N(CC2CCCCC2)C(=O)c2snnc2C)c1. The van der Waals surface area contributed by atoms with Crippen molar-refractivity contribution in [2.45, 2.75) is 46.0 Å². The molecule has 0 saturated heterocycles. The van der Waals surface area contributed by atoms with Crippen LogP contribution in [0.4, 0.5) is 0 Å². The minimum absolute atomic E-state index is 0.230. The van der Waals surface area contributed by atoms with Gasteiger partial charge in [0.25, 0.3) is 11.8 Å². The first kappa shape index (κ1) is 17.7. The molecule has 2 amide bonds. The summed E-state index contributed by atoms with van der Waals surface area (Å²) >= 11 is 1.06. The van der Waals surface area contributed by atoms with Crippen LogP contribution in [-0.2, 0) is 0 Å². The highest BCUT2D eigenvalue weighted by Crippen LogP contribution is 2.26. The van der Waals surface area contributed by atoms with Gasteiger partial charge in [-0.15, -0.1) is 5.10 Å². The molecule has 6 heteroatoms. The van der Waals surface area contributed by atoms with Crippen molar-refractivity contribution >= 4 is 23.3 Å². The third-order valence-corrected chi connectivity index (χ3v) is 5.58. The highest BCUT2D eigenvalue weighted by atomic mass is 32.1. The van der Waals surface area contributed by atoms with Gasteiger partial charge in [-0.2, -0.15) is 0 Å². The predicted octanol–water partition coefficient (Wildman–Crippen LogP) is 4.02. The molecule has 0 unspecified atom stereocenters. The van der Waals surface area contributed by atoms with Crippen molar-refractivity contribution in [1.29, 1.82) is 0 Å². The Morgan fingerprint density at radius 2 is 1.92 bits per heavy atom. The zero-order chi connectivity index (χ0) is 17.8. The number of hydrogen-bond acceptors (Lipinski definition) is 5. The molecule has 0 radical (unpaired) electrons. The van der Waals surface area contributed by atoms with Gasteiger partial charge in [0.2, 0.25) is 0 Å². The zero-order valence-electron chi connectivity index (χ0n) is 14.7. The molecule has 3 rings (SSSR count). The maximum atomic E-state index is 13.1. The van der Waals surface area contributed by atoms with Crippen LogP contribution in [0.5, 0.6) is 0 Å². The summed E-state index contributed by atoms with van der Waals surface area (Å²) in [6.45, 7) is 4.18. The number of imide groups is 1. The number of amides is 2. The second kappa shape index (κ2) is 7.87. The fraction of sp³-hybridized carbons (Fsp3) is 0.474. The molecule has 1 fully saturated rings. The quantitative estimate of drug-likeness (QED) is 0.775. The Kier molecular flexibility index (Phi) is 5.58. The Labute approximate surface area is 152 Å². The first-order valence-corrected chi connectivity index (χ1v) is 9.55. The standard InChI is InChI=1S/C19H23N3O2S/c1-13-7-6-10-16(11-13)18(23)22(12-15-8-4-3-5-9-15)19(24)17-14(2)20-21-25-17/h6-7,10-11,15H,3-5,8-9,12H2,1-2H3. The zero-order valence-corrected chi connectivity index (χ0v) is 15.5. The van der Waals surface area contributed by atoms with Gasteiger partial charge in [0.15, 0.2) is 0 Å². The average Bonchev–Trinajstić information content (AvgIpc) is 3.05. The van der Waals surface area contributed by atoms with Crippen molar-refractivity contribution < 1.29 is 9.59 Å². The smallest absolute Gasteiger partial charge is 0.273 e. The van der Waals surface area contributed by atoms with Crippen molar-refractivity contribution in [3.05, 3.63) is 46.0 Å². The highest BCUT2D eigenvalue weighted by Gasteiger charge is 2.30. The molecule has 1 saturated carbocycles. The molecule has 0 bridgehead atoms. The molecule has 1 aromatic carbocycles. The lowest BCUT2D eigenvalue weighted by Crippen LogP contribution is -2.40. The first-order valence-electron chi connectivity index (χ1n) is 8.78. The lowest BCUT2D eigenvalue weighted by molar-refractivity contribution is 0.0580. The van der Waals surface area contributed by atoms with Crippen LogP contribution in [0.25, 0.3) is 0 Å². The highest BCUT2D eigenvalue weighted by molar-refractivity contribution is 7.08. The molecule has 0 spiro atoms. The van der Waals surface area contributed by atoms with E-state index in [-0.39, 0.29) is 11.8 Å². The van der Waals surface area contributed by atoms with Gasteiger partial charge in [-0.3, -0.25) is 14.5 Å². The number of nitrogens with zero attached hydrogens (tertiary/aromatic N) is 3. The summed E-state index contributed by atoms with van der Waals surface area (Å²) in [5, 5.41) is 3.92. The summed E-state index contributed by atoms with van der Waals surface area (Å²) in [5.41, 5.74) is 2.14. The van der Waals surface area contributed by atoms with Gasteiger partial charge in [-0.05, 0) is 56.3 Å². The van der Waals surface area contributed by atoms with Crippen molar-refractivity contribution in [3.63, 3.8) is 0 Å². The summed E-state index contributed by atoms with van der Waals surface area (Å²) in [5.74, 6) is -0.121. The molecule has 132 valence electrons. The maximum Gasteiger partial charge on any atom is 0.274 e. The molecule has 1 aromatic heterocycles. The van der Waals surface area contributed by atoms with E-state index in [1.165, 1.54) is 24.2 Å². The van der Waals surface area contributed by atoms with Crippen molar-refractivity contribution in [1.82, 2.24) is 14.5 Å². The normalized spacial score (nSPS) is 15.1. The molecule has 1 heterocycles. The Bertz CT molecular complexity index is 766. The largest absolute Gasteiger partial charge is 0.274 e. The number of aryl methyl sites for hydroxylation is 2. The minimum atomic E-state index is -0.274. The van der Waals surface area contributed by atoms with Gasteiger partial charge in [-0.1, -0.05) is 41.4 Å². The number of rotatable bonds is 4. The number of carbonyl (C=O) groups excluding carboxylic acids is 2. The van der Waals surface area contributed by atoms with E-state index in [1.54, 1.807) is 13.0 Å². The third-order valence-electron chi connectivity index (χ3n) is 4.77. The Hall–Kier alpha value is -2.08. The monoisotopic (exact) mass is 357 g/mol. The maximum absolute atomic E-state index is 13.1. The van der Waals surface area contributed by atoms with Crippen molar-refractivity contribution in [3.8, 4) is 0 Å². The van der Waals surface area contributed by atoms with Gasteiger partial charge in [0.05, 0.1) is 5.69 Å². The molecule has 1 aliphatic carbocycles. The molecule has 0 aliphatic heterocycles. The second-order valence-corrected chi connectivity index (χ2v) is 7.54. The third kappa shape index (κ3) is 4.12. The average molecular weight is 357 g/mol. The van der Waals surface area contributed by atoms with E-state index in [9.17, 15) is 9.59 Å². The van der Waals surface area contributed by atoms with Crippen LogP contribution in [0, 0.1) is 19.8 Å². The fourth-order valence-electron chi connectivity index (χ4n) is 3.37. The van der Waals surface area contributed by atoms with Crippen LogP contribution >= 0.6 is 11.5 Å². The molecular weight excluding hydrogens is 334 g/mol. The summed E-state index contributed by atoms with van der Waals surface area (Å²) in [4.78, 5) is 28.0. The lowest BCUT2D eigenvalue weighted by Gasteiger charge is -2.28. The van der Waals surface area contributed by atoms with Crippen molar-refractivity contribution in [2.24, 2.45) is 5.92 Å². The number of benzene rings is 1. The van der Waals surface area contributed by atoms with Crippen LogP contribution in [0.15, 0.2) is 24.3 Å². The van der Waals surface area contributed by atoms with Crippen LogP contribution in [0.1, 0.15) is 63.4 Å². The van der Waals surface area contributed by atoms with Gasteiger partial charge < -0.3 is 0 Å². The molecule has 1 aliphatic rings. The van der Waals surface area contributed by atoms with E-state index in [1.807, 2.05) is 25.1 Å². The number of hydrogen-bond donors (Lipinski definition) is 0. The number of carbonyl (C=O) groups is 2. The summed E-state index contributed by atoms with van der Waals surface area (Å²) in [6.07, 6.45) is 5.74. The van der Waals surface area contributed by atoms with E-state index in [4.69, 9.17) is 0 Å².